The number of nitrogens with zero attached hydrogens (tertiary/aromatic N) is 1. The molecule has 0 aliphatic carbocycles. The molecule has 108 valence electrons. The van der Waals surface area contributed by atoms with Gasteiger partial charge in [0, 0.05) is 0 Å². The largest absolute Gasteiger partial charge is 0.423 e. The van der Waals surface area contributed by atoms with E-state index in [-0.39, 0.29) is 6.61 Å². The van der Waals surface area contributed by atoms with Crippen molar-refractivity contribution in [2.75, 3.05) is 0 Å². The summed E-state index contributed by atoms with van der Waals surface area (Å²) >= 11 is 0. The molecule has 0 bridgehead atoms. The van der Waals surface area contributed by atoms with E-state index in [1.54, 1.807) is 30.3 Å². The Hall–Kier alpha value is -2.89. The highest BCUT2D eigenvalue weighted by molar-refractivity contribution is 5.92. The number of ether oxygens (including phenoxy) is 1. The third kappa shape index (κ3) is 4.04. The second kappa shape index (κ2) is 6.51. The van der Waals surface area contributed by atoms with Crippen LogP contribution >= 0.6 is 0 Å². The van der Waals surface area contributed by atoms with E-state index in [1.807, 2.05) is 19.1 Å². The summed E-state index contributed by atoms with van der Waals surface area (Å²) in [5, 5.41) is 9.29. The van der Waals surface area contributed by atoms with Gasteiger partial charge in [0.15, 0.2) is 0 Å². The molecule has 0 aliphatic rings. The second-order valence-electron chi connectivity index (χ2n) is 4.35. The van der Waals surface area contributed by atoms with Gasteiger partial charge in [-0.2, -0.15) is 0 Å². The number of aryl methyl sites for hydroxylation is 1. The lowest BCUT2D eigenvalue weighted by Gasteiger charge is -2.07. The van der Waals surface area contributed by atoms with Gasteiger partial charge >= 0.3 is 5.97 Å². The van der Waals surface area contributed by atoms with Crippen LogP contribution in [0.5, 0.6) is 5.75 Å². The summed E-state index contributed by atoms with van der Waals surface area (Å²) in [6.07, 6.45) is 0. The summed E-state index contributed by atoms with van der Waals surface area (Å²) in [5.74, 6) is -0.159. The lowest BCUT2D eigenvalue weighted by atomic mass is 10.1. The Labute approximate surface area is 121 Å². The number of carbonyl (C=O) groups excluding carboxylic acids is 1. The Morgan fingerprint density at radius 1 is 1.19 bits per heavy atom. The van der Waals surface area contributed by atoms with Crippen LogP contribution in [0.4, 0.5) is 0 Å². The third-order valence-corrected chi connectivity index (χ3v) is 2.81. The Morgan fingerprint density at radius 3 is 2.67 bits per heavy atom. The van der Waals surface area contributed by atoms with Gasteiger partial charge in [0.05, 0.1) is 5.56 Å². The van der Waals surface area contributed by atoms with E-state index < -0.39 is 11.1 Å². The molecular formula is C15H13NO5. The summed E-state index contributed by atoms with van der Waals surface area (Å²) in [7, 11) is 0. The van der Waals surface area contributed by atoms with Crippen molar-refractivity contribution in [1.82, 2.24) is 0 Å². The fourth-order valence-corrected chi connectivity index (χ4v) is 1.79. The van der Waals surface area contributed by atoms with Crippen LogP contribution in [0.25, 0.3) is 0 Å². The molecule has 0 heterocycles. The molecule has 6 nitrogen and oxygen atoms in total. The topological polar surface area (TPSA) is 78.7 Å². The molecule has 0 saturated heterocycles. The highest BCUT2D eigenvalue weighted by atomic mass is 16.9. The van der Waals surface area contributed by atoms with Crippen LogP contribution in [0, 0.1) is 17.0 Å². The van der Waals surface area contributed by atoms with E-state index in [1.165, 1.54) is 6.07 Å². The Balaban J connectivity index is 2.09. The van der Waals surface area contributed by atoms with Crippen molar-refractivity contribution in [2.45, 2.75) is 13.5 Å². The number of hydrogen-bond acceptors (Lipinski definition) is 5. The molecule has 0 fully saturated rings. The van der Waals surface area contributed by atoms with Crippen molar-refractivity contribution in [3.05, 3.63) is 75.3 Å². The minimum absolute atomic E-state index is 0.192. The number of benzene rings is 2. The van der Waals surface area contributed by atoms with Crippen molar-refractivity contribution >= 4 is 5.97 Å². The molecule has 0 saturated carbocycles. The highest BCUT2D eigenvalue weighted by Crippen LogP contribution is 2.17. The molecule has 2 aromatic carbocycles. The van der Waals surface area contributed by atoms with Gasteiger partial charge in [0.25, 0.3) is 5.09 Å². The maximum absolute atomic E-state index is 12.1. The predicted octanol–water partition coefficient (Wildman–Crippen LogP) is 2.92. The van der Waals surface area contributed by atoms with Crippen LogP contribution in [-0.4, -0.2) is 11.1 Å². The van der Waals surface area contributed by atoms with Crippen LogP contribution in [0.2, 0.25) is 0 Å². The van der Waals surface area contributed by atoms with Crippen LogP contribution in [0.15, 0.2) is 48.5 Å². The fraction of sp³-hybridized carbons (Fsp3) is 0.133. The van der Waals surface area contributed by atoms with Crippen LogP contribution in [0.3, 0.4) is 0 Å². The van der Waals surface area contributed by atoms with E-state index in [0.717, 1.165) is 5.56 Å². The standard InChI is InChI=1S/C15H13NO5/c1-11-5-2-3-8-14(11)15(17)21-13-7-4-6-12(9-13)10-20-16(18)19/h2-9H,10H2,1H3. The van der Waals surface area contributed by atoms with E-state index in [0.29, 0.717) is 16.9 Å². The van der Waals surface area contributed by atoms with Crippen molar-refractivity contribution in [2.24, 2.45) is 0 Å². The van der Waals surface area contributed by atoms with E-state index >= 15 is 0 Å². The Bertz CT molecular complexity index is 669. The molecule has 2 rings (SSSR count). The minimum Gasteiger partial charge on any atom is -0.423 e. The van der Waals surface area contributed by atoms with Crippen molar-refractivity contribution in [3.8, 4) is 5.75 Å². The molecule has 0 N–H and O–H groups in total. The molecule has 0 aromatic heterocycles. The molecular weight excluding hydrogens is 274 g/mol. The molecule has 0 aliphatic heterocycles. The zero-order valence-corrected chi connectivity index (χ0v) is 11.3. The normalized spacial score (nSPS) is 9.95. The number of esters is 1. The summed E-state index contributed by atoms with van der Waals surface area (Å²) in [6, 6.07) is 13.5. The molecule has 21 heavy (non-hydrogen) atoms. The van der Waals surface area contributed by atoms with Gasteiger partial charge in [0.2, 0.25) is 0 Å². The van der Waals surface area contributed by atoms with Crippen molar-refractivity contribution < 1.29 is 19.5 Å². The van der Waals surface area contributed by atoms with Gasteiger partial charge in [-0.15, -0.1) is 10.1 Å². The average molecular weight is 287 g/mol. The number of hydrogen-bond donors (Lipinski definition) is 0. The molecule has 6 heteroatoms. The van der Waals surface area contributed by atoms with E-state index in [9.17, 15) is 14.9 Å². The summed E-state index contributed by atoms with van der Waals surface area (Å²) in [5.41, 5.74) is 1.83. The minimum atomic E-state index is -0.869. The fourth-order valence-electron chi connectivity index (χ4n) is 1.79. The smallest absolute Gasteiger partial charge is 0.343 e. The molecule has 0 radical (unpaired) electrons. The Kier molecular flexibility index (Phi) is 4.50. The molecule has 0 amide bonds. The maximum atomic E-state index is 12.1. The lowest BCUT2D eigenvalue weighted by molar-refractivity contribution is -0.763. The Morgan fingerprint density at radius 2 is 1.95 bits per heavy atom. The van der Waals surface area contributed by atoms with Gasteiger partial charge < -0.3 is 9.57 Å². The van der Waals surface area contributed by atoms with Crippen molar-refractivity contribution in [1.29, 1.82) is 0 Å². The molecule has 2 aromatic rings. The summed E-state index contributed by atoms with van der Waals surface area (Å²) in [4.78, 5) is 26.5. The number of carbonyl (C=O) groups is 1. The lowest BCUT2D eigenvalue weighted by Crippen LogP contribution is -2.10. The zero-order valence-electron chi connectivity index (χ0n) is 11.3. The van der Waals surface area contributed by atoms with Gasteiger partial charge in [0.1, 0.15) is 12.4 Å². The van der Waals surface area contributed by atoms with Gasteiger partial charge in [-0.3, -0.25) is 0 Å². The van der Waals surface area contributed by atoms with E-state index in [2.05, 4.69) is 4.84 Å². The average Bonchev–Trinajstić information content (AvgIpc) is 2.46. The highest BCUT2D eigenvalue weighted by Gasteiger charge is 2.11. The van der Waals surface area contributed by atoms with Gasteiger partial charge in [-0.25, -0.2) is 4.79 Å². The number of rotatable bonds is 5. The van der Waals surface area contributed by atoms with Crippen molar-refractivity contribution in [3.63, 3.8) is 0 Å². The first-order valence-electron chi connectivity index (χ1n) is 6.20. The van der Waals surface area contributed by atoms with Crippen LogP contribution in [0.1, 0.15) is 21.5 Å². The monoisotopic (exact) mass is 287 g/mol. The first kappa shape index (κ1) is 14.5. The second-order valence-corrected chi connectivity index (χ2v) is 4.35. The van der Waals surface area contributed by atoms with E-state index in [4.69, 9.17) is 4.74 Å². The summed E-state index contributed by atoms with van der Waals surface area (Å²) in [6.45, 7) is 1.63. The van der Waals surface area contributed by atoms with Gasteiger partial charge in [-0.05, 0) is 36.2 Å². The molecule has 0 unspecified atom stereocenters. The SMILES string of the molecule is Cc1ccccc1C(=O)Oc1cccc(CO[N+](=O)[O-])c1. The molecule has 0 atom stereocenters. The first-order valence-corrected chi connectivity index (χ1v) is 6.20. The van der Waals surface area contributed by atoms with Gasteiger partial charge in [-0.1, -0.05) is 30.3 Å². The first-order chi connectivity index (χ1) is 10.1. The predicted molar refractivity (Wildman–Crippen MR) is 74.4 cm³/mol. The van der Waals surface area contributed by atoms with Crippen LogP contribution < -0.4 is 4.74 Å². The quantitative estimate of drug-likeness (QED) is 0.365. The third-order valence-electron chi connectivity index (χ3n) is 2.81. The van der Waals surface area contributed by atoms with Crippen LogP contribution in [-0.2, 0) is 11.4 Å². The summed E-state index contributed by atoms with van der Waals surface area (Å²) < 4.78 is 5.26. The maximum Gasteiger partial charge on any atom is 0.343 e. The molecule has 0 spiro atoms. The zero-order chi connectivity index (χ0) is 15.2.